The Balaban J connectivity index is 1.86. The van der Waals surface area contributed by atoms with Crippen molar-refractivity contribution in [2.75, 3.05) is 19.8 Å². The lowest BCUT2D eigenvalue weighted by Gasteiger charge is -2.22. The van der Waals surface area contributed by atoms with E-state index in [4.69, 9.17) is 15.2 Å². The fourth-order valence-corrected chi connectivity index (χ4v) is 2.94. The fourth-order valence-electron chi connectivity index (χ4n) is 2.94. The van der Waals surface area contributed by atoms with Gasteiger partial charge in [-0.2, -0.15) is 0 Å². The molecule has 0 aliphatic carbocycles. The Kier molecular flexibility index (Phi) is 4.34. The van der Waals surface area contributed by atoms with Crippen molar-refractivity contribution >= 4 is 0 Å². The summed E-state index contributed by atoms with van der Waals surface area (Å²) < 4.78 is 11.3. The molecule has 3 rings (SSSR count). The Morgan fingerprint density at radius 3 is 2.55 bits per heavy atom. The molecule has 1 aliphatic rings. The highest BCUT2D eigenvalue weighted by Crippen LogP contribution is 2.34. The van der Waals surface area contributed by atoms with Gasteiger partial charge in [-0.1, -0.05) is 29.8 Å². The molecule has 2 aromatic carbocycles. The van der Waals surface area contributed by atoms with Crippen LogP contribution < -0.4 is 15.2 Å². The molecule has 1 aliphatic heterocycles. The number of hydrogen-bond donors (Lipinski definition) is 1. The lowest BCUT2D eigenvalue weighted by atomic mass is 9.89. The van der Waals surface area contributed by atoms with Gasteiger partial charge in [0, 0.05) is 5.92 Å². The van der Waals surface area contributed by atoms with Gasteiger partial charge < -0.3 is 15.2 Å². The zero-order valence-corrected chi connectivity index (χ0v) is 13.3. The van der Waals surface area contributed by atoms with Gasteiger partial charge in [0.25, 0.3) is 0 Å². The minimum atomic E-state index is 0.288. The monoisotopic (exact) mass is 297 g/mol. The summed E-state index contributed by atoms with van der Waals surface area (Å²) in [6.45, 7) is 6.14. The maximum atomic E-state index is 6.04. The van der Waals surface area contributed by atoms with Gasteiger partial charge in [0.05, 0.1) is 0 Å². The van der Waals surface area contributed by atoms with Crippen molar-refractivity contribution in [2.24, 2.45) is 5.73 Å². The first-order valence-corrected chi connectivity index (χ1v) is 7.83. The molecule has 1 unspecified atom stereocenters. The zero-order valence-electron chi connectivity index (χ0n) is 13.3. The summed E-state index contributed by atoms with van der Waals surface area (Å²) in [6.07, 6.45) is 0.948. The summed E-state index contributed by atoms with van der Waals surface area (Å²) in [5.41, 5.74) is 11.2. The molecule has 0 aromatic heterocycles. The van der Waals surface area contributed by atoms with E-state index < -0.39 is 0 Å². The number of fused-ring (bicyclic) bond motifs is 1. The van der Waals surface area contributed by atoms with Crippen molar-refractivity contribution in [1.82, 2.24) is 0 Å². The van der Waals surface area contributed by atoms with Gasteiger partial charge in [-0.3, -0.25) is 0 Å². The Hall–Kier alpha value is -2.00. The summed E-state index contributed by atoms with van der Waals surface area (Å²) in [4.78, 5) is 0. The van der Waals surface area contributed by atoms with E-state index in [2.05, 4.69) is 44.2 Å². The molecule has 0 spiro atoms. The van der Waals surface area contributed by atoms with E-state index in [0.29, 0.717) is 19.8 Å². The molecule has 3 nitrogen and oxygen atoms in total. The quantitative estimate of drug-likeness (QED) is 0.941. The normalized spacial score (nSPS) is 14.7. The largest absolute Gasteiger partial charge is 0.486 e. The molecule has 0 fully saturated rings. The average Bonchev–Trinajstić information content (AvgIpc) is 2.55. The van der Waals surface area contributed by atoms with Crippen molar-refractivity contribution in [2.45, 2.75) is 26.2 Å². The van der Waals surface area contributed by atoms with E-state index in [9.17, 15) is 0 Å². The minimum absolute atomic E-state index is 0.288. The van der Waals surface area contributed by atoms with E-state index in [-0.39, 0.29) is 5.92 Å². The van der Waals surface area contributed by atoms with E-state index in [0.717, 1.165) is 17.9 Å². The highest BCUT2D eigenvalue weighted by molar-refractivity contribution is 5.45. The molecular weight excluding hydrogens is 274 g/mol. The van der Waals surface area contributed by atoms with Gasteiger partial charge >= 0.3 is 0 Å². The molecule has 0 amide bonds. The van der Waals surface area contributed by atoms with Crippen LogP contribution in [0.15, 0.2) is 36.4 Å². The summed E-state index contributed by atoms with van der Waals surface area (Å²) in [7, 11) is 0. The number of benzene rings is 2. The lowest BCUT2D eigenvalue weighted by molar-refractivity contribution is 0.171. The van der Waals surface area contributed by atoms with Crippen LogP contribution in [0, 0.1) is 13.8 Å². The van der Waals surface area contributed by atoms with Crippen LogP contribution in [-0.4, -0.2) is 19.8 Å². The molecule has 1 atom stereocenters. The first-order chi connectivity index (χ1) is 10.7. The second kappa shape index (κ2) is 6.41. The molecule has 0 saturated heterocycles. The highest BCUT2D eigenvalue weighted by Gasteiger charge is 2.17. The Labute approximate surface area is 132 Å². The van der Waals surface area contributed by atoms with Crippen molar-refractivity contribution in [3.63, 3.8) is 0 Å². The van der Waals surface area contributed by atoms with Gasteiger partial charge in [0.15, 0.2) is 11.5 Å². The maximum Gasteiger partial charge on any atom is 0.161 e. The first kappa shape index (κ1) is 14.9. The number of aryl methyl sites for hydroxylation is 2. The van der Waals surface area contributed by atoms with Crippen LogP contribution in [0.2, 0.25) is 0 Å². The van der Waals surface area contributed by atoms with Gasteiger partial charge in [-0.05, 0) is 55.6 Å². The Morgan fingerprint density at radius 2 is 1.77 bits per heavy atom. The van der Waals surface area contributed by atoms with Crippen LogP contribution in [0.3, 0.4) is 0 Å². The number of rotatable bonds is 4. The van der Waals surface area contributed by atoms with E-state index in [1.165, 1.54) is 22.3 Å². The summed E-state index contributed by atoms with van der Waals surface area (Å²) in [6, 6.07) is 12.8. The molecule has 0 radical (unpaired) electrons. The van der Waals surface area contributed by atoms with E-state index in [1.807, 2.05) is 6.07 Å². The number of ether oxygens (including phenoxy) is 2. The van der Waals surface area contributed by atoms with Crippen molar-refractivity contribution < 1.29 is 9.47 Å². The van der Waals surface area contributed by atoms with Gasteiger partial charge in [-0.25, -0.2) is 0 Å². The lowest BCUT2D eigenvalue weighted by Crippen LogP contribution is -2.18. The van der Waals surface area contributed by atoms with Crippen LogP contribution in [0.1, 0.15) is 28.2 Å². The van der Waals surface area contributed by atoms with Gasteiger partial charge in [0.2, 0.25) is 0 Å². The second-order valence-electron chi connectivity index (χ2n) is 5.97. The summed E-state index contributed by atoms with van der Waals surface area (Å²) >= 11 is 0. The number of nitrogens with two attached hydrogens (primary N) is 1. The van der Waals surface area contributed by atoms with Crippen LogP contribution in [-0.2, 0) is 6.42 Å². The number of hydrogen-bond acceptors (Lipinski definition) is 3. The molecular formula is C19H23NO2. The van der Waals surface area contributed by atoms with Crippen LogP contribution in [0.5, 0.6) is 11.5 Å². The van der Waals surface area contributed by atoms with E-state index >= 15 is 0 Å². The van der Waals surface area contributed by atoms with Crippen LogP contribution in [0.25, 0.3) is 0 Å². The van der Waals surface area contributed by atoms with Crippen LogP contribution >= 0.6 is 0 Å². The molecule has 2 N–H and O–H groups in total. The highest BCUT2D eigenvalue weighted by atomic mass is 16.6. The maximum absolute atomic E-state index is 6.04. The van der Waals surface area contributed by atoms with Gasteiger partial charge in [0.1, 0.15) is 13.2 Å². The first-order valence-electron chi connectivity index (χ1n) is 7.83. The third-order valence-electron chi connectivity index (χ3n) is 4.29. The second-order valence-corrected chi connectivity index (χ2v) is 5.97. The predicted octanol–water partition coefficient (Wildman–Crippen LogP) is 3.36. The van der Waals surface area contributed by atoms with Crippen molar-refractivity contribution in [3.8, 4) is 11.5 Å². The van der Waals surface area contributed by atoms with E-state index in [1.54, 1.807) is 0 Å². The average molecular weight is 297 g/mol. The predicted molar refractivity (Wildman–Crippen MR) is 88.8 cm³/mol. The SMILES string of the molecule is Cc1ccc(C)c(CC(CN)c2ccc3c(c2)OCCO3)c1. The molecule has 2 aromatic rings. The molecule has 22 heavy (non-hydrogen) atoms. The third kappa shape index (κ3) is 3.09. The third-order valence-corrected chi connectivity index (χ3v) is 4.29. The Morgan fingerprint density at radius 1 is 1.00 bits per heavy atom. The summed E-state index contributed by atoms with van der Waals surface area (Å²) in [5.74, 6) is 1.96. The van der Waals surface area contributed by atoms with Crippen LogP contribution in [0.4, 0.5) is 0 Å². The minimum Gasteiger partial charge on any atom is -0.486 e. The fraction of sp³-hybridized carbons (Fsp3) is 0.368. The Bertz CT molecular complexity index is 666. The molecule has 0 bridgehead atoms. The molecule has 1 heterocycles. The topological polar surface area (TPSA) is 44.5 Å². The zero-order chi connectivity index (χ0) is 15.5. The summed E-state index contributed by atoms with van der Waals surface area (Å²) in [5, 5.41) is 0. The smallest absolute Gasteiger partial charge is 0.161 e. The standard InChI is InChI=1S/C19H23NO2/c1-13-3-4-14(2)16(9-13)10-17(12-20)15-5-6-18-19(11-15)22-8-7-21-18/h3-6,9,11,17H,7-8,10,12,20H2,1-2H3. The van der Waals surface area contributed by atoms with Crippen molar-refractivity contribution in [3.05, 3.63) is 58.7 Å². The molecule has 0 saturated carbocycles. The van der Waals surface area contributed by atoms with Crippen molar-refractivity contribution in [1.29, 1.82) is 0 Å². The molecule has 116 valence electrons. The molecule has 3 heteroatoms. The van der Waals surface area contributed by atoms with Gasteiger partial charge in [-0.15, -0.1) is 0 Å².